The predicted molar refractivity (Wildman–Crippen MR) is 129 cm³/mol. The SMILES string of the molecule is CCOc1ccc(/C=C2\Oc3c(cc4c(c3C)OCN(Cc3ccc(OC)cc3)C4)C2=O)cc1. The van der Waals surface area contributed by atoms with Gasteiger partial charge in [-0.3, -0.25) is 9.69 Å². The van der Waals surface area contributed by atoms with Gasteiger partial charge in [-0.05, 0) is 61.4 Å². The number of rotatable bonds is 6. The maximum absolute atomic E-state index is 13.2. The highest BCUT2D eigenvalue weighted by atomic mass is 16.5. The first-order chi connectivity index (χ1) is 16.6. The quantitative estimate of drug-likeness (QED) is 0.464. The molecule has 0 radical (unpaired) electrons. The molecule has 5 rings (SSSR count). The van der Waals surface area contributed by atoms with Gasteiger partial charge in [-0.25, -0.2) is 0 Å². The second-order valence-electron chi connectivity index (χ2n) is 8.42. The number of ether oxygens (including phenoxy) is 4. The highest BCUT2D eigenvalue weighted by molar-refractivity contribution is 6.15. The summed E-state index contributed by atoms with van der Waals surface area (Å²) in [6, 6.07) is 17.5. The van der Waals surface area contributed by atoms with Crippen LogP contribution in [0.5, 0.6) is 23.0 Å². The van der Waals surface area contributed by atoms with Crippen molar-refractivity contribution in [3.8, 4) is 23.0 Å². The van der Waals surface area contributed by atoms with Crippen molar-refractivity contribution in [3.63, 3.8) is 0 Å². The summed E-state index contributed by atoms with van der Waals surface area (Å²) in [7, 11) is 1.66. The Morgan fingerprint density at radius 1 is 1.03 bits per heavy atom. The number of allylic oxidation sites excluding steroid dienone is 1. The van der Waals surface area contributed by atoms with E-state index in [2.05, 4.69) is 17.0 Å². The summed E-state index contributed by atoms with van der Waals surface area (Å²) in [6.07, 6.45) is 1.77. The number of carbonyl (C=O) groups is 1. The zero-order valence-corrected chi connectivity index (χ0v) is 19.6. The smallest absolute Gasteiger partial charge is 0.231 e. The van der Waals surface area contributed by atoms with Crippen LogP contribution in [-0.4, -0.2) is 31.1 Å². The van der Waals surface area contributed by atoms with Crippen LogP contribution < -0.4 is 18.9 Å². The van der Waals surface area contributed by atoms with Crippen LogP contribution in [0, 0.1) is 6.92 Å². The summed E-state index contributed by atoms with van der Waals surface area (Å²) in [6.45, 7) is 6.42. The van der Waals surface area contributed by atoms with E-state index < -0.39 is 0 Å². The molecule has 0 saturated carbocycles. The molecule has 6 nitrogen and oxygen atoms in total. The van der Waals surface area contributed by atoms with Crippen LogP contribution in [0.1, 0.15) is 39.5 Å². The minimum Gasteiger partial charge on any atom is -0.497 e. The first kappa shape index (κ1) is 22.0. The van der Waals surface area contributed by atoms with Crippen molar-refractivity contribution in [1.29, 1.82) is 0 Å². The fourth-order valence-electron chi connectivity index (χ4n) is 4.37. The highest BCUT2D eigenvalue weighted by Gasteiger charge is 2.33. The number of benzene rings is 3. The summed E-state index contributed by atoms with van der Waals surface area (Å²) < 4.78 is 22.9. The maximum Gasteiger partial charge on any atom is 0.231 e. The van der Waals surface area contributed by atoms with Crippen molar-refractivity contribution in [2.24, 2.45) is 0 Å². The van der Waals surface area contributed by atoms with Gasteiger partial charge < -0.3 is 18.9 Å². The zero-order valence-electron chi connectivity index (χ0n) is 19.6. The molecule has 0 N–H and O–H groups in total. The summed E-state index contributed by atoms with van der Waals surface area (Å²) in [5.74, 6) is 3.24. The van der Waals surface area contributed by atoms with Crippen molar-refractivity contribution in [1.82, 2.24) is 4.90 Å². The van der Waals surface area contributed by atoms with E-state index in [9.17, 15) is 4.79 Å². The van der Waals surface area contributed by atoms with Gasteiger partial charge in [0.05, 0.1) is 19.3 Å². The predicted octanol–water partition coefficient (Wildman–Crippen LogP) is 5.37. The molecule has 2 aliphatic heterocycles. The third-order valence-electron chi connectivity index (χ3n) is 6.06. The number of carbonyl (C=O) groups excluding carboxylic acids is 1. The Morgan fingerprint density at radius 3 is 2.47 bits per heavy atom. The number of ketones is 1. The number of hydrogen-bond donors (Lipinski definition) is 0. The molecule has 34 heavy (non-hydrogen) atoms. The number of Topliss-reactive ketones (excluding diaryl/α,β-unsaturated/α-hetero) is 1. The third-order valence-corrected chi connectivity index (χ3v) is 6.06. The van der Waals surface area contributed by atoms with Crippen molar-refractivity contribution in [2.75, 3.05) is 20.4 Å². The first-order valence-corrected chi connectivity index (χ1v) is 11.4. The molecule has 0 saturated heterocycles. The van der Waals surface area contributed by atoms with E-state index in [1.54, 1.807) is 13.2 Å². The van der Waals surface area contributed by atoms with E-state index in [0.29, 0.717) is 37.0 Å². The van der Waals surface area contributed by atoms with Crippen LogP contribution in [0.2, 0.25) is 0 Å². The largest absolute Gasteiger partial charge is 0.497 e. The molecule has 0 amide bonds. The average molecular weight is 458 g/mol. The standard InChI is InChI=1S/C28H27NO5/c1-4-32-23-11-5-19(6-12-23)13-25-26(30)24-14-21-16-29(15-20-7-9-22(31-3)10-8-20)17-33-27(21)18(2)28(24)34-25/h5-14H,4,15-17H2,1-3H3/b25-13-. The van der Waals surface area contributed by atoms with Gasteiger partial charge in [0.15, 0.2) is 5.76 Å². The van der Waals surface area contributed by atoms with Gasteiger partial charge in [0, 0.05) is 24.2 Å². The normalized spacial score (nSPS) is 16.0. The third kappa shape index (κ3) is 4.24. The molecule has 0 bridgehead atoms. The van der Waals surface area contributed by atoms with E-state index in [1.807, 2.05) is 56.3 Å². The van der Waals surface area contributed by atoms with E-state index >= 15 is 0 Å². The Hall–Kier alpha value is -3.77. The summed E-state index contributed by atoms with van der Waals surface area (Å²) in [5, 5.41) is 0. The van der Waals surface area contributed by atoms with Gasteiger partial charge in [0.2, 0.25) is 5.78 Å². The molecule has 0 aromatic heterocycles. The molecule has 0 aliphatic carbocycles. The molecular formula is C28H27NO5. The number of methoxy groups -OCH3 is 1. The minimum absolute atomic E-state index is 0.109. The van der Waals surface area contributed by atoms with Crippen LogP contribution in [0.4, 0.5) is 0 Å². The highest BCUT2D eigenvalue weighted by Crippen LogP contribution is 2.43. The first-order valence-electron chi connectivity index (χ1n) is 11.4. The summed E-state index contributed by atoms with van der Waals surface area (Å²) >= 11 is 0. The van der Waals surface area contributed by atoms with Gasteiger partial charge in [-0.2, -0.15) is 0 Å². The Kier molecular flexibility index (Phi) is 5.99. The Morgan fingerprint density at radius 2 is 1.76 bits per heavy atom. The van der Waals surface area contributed by atoms with E-state index in [0.717, 1.165) is 40.5 Å². The molecule has 0 spiro atoms. The molecule has 6 heteroatoms. The molecule has 3 aromatic rings. The van der Waals surface area contributed by atoms with Gasteiger partial charge in [0.25, 0.3) is 0 Å². The molecular weight excluding hydrogens is 430 g/mol. The van der Waals surface area contributed by atoms with Gasteiger partial charge in [0.1, 0.15) is 29.7 Å². The lowest BCUT2D eigenvalue weighted by Crippen LogP contribution is -2.32. The Bertz CT molecular complexity index is 1250. The average Bonchev–Trinajstić information content (AvgIpc) is 3.16. The molecule has 0 fully saturated rings. The molecule has 3 aromatic carbocycles. The van der Waals surface area contributed by atoms with Crippen LogP contribution in [0.3, 0.4) is 0 Å². The zero-order chi connectivity index (χ0) is 23.7. The molecule has 0 atom stereocenters. The van der Waals surface area contributed by atoms with Crippen molar-refractivity contribution >= 4 is 11.9 Å². The monoisotopic (exact) mass is 457 g/mol. The lowest BCUT2D eigenvalue weighted by Gasteiger charge is -2.30. The number of fused-ring (bicyclic) bond motifs is 2. The van der Waals surface area contributed by atoms with Crippen LogP contribution in [0.25, 0.3) is 6.08 Å². The van der Waals surface area contributed by atoms with Gasteiger partial charge >= 0.3 is 0 Å². The van der Waals surface area contributed by atoms with Crippen molar-refractivity contribution in [3.05, 3.63) is 88.2 Å². The van der Waals surface area contributed by atoms with E-state index in [-0.39, 0.29) is 5.78 Å². The fourth-order valence-corrected chi connectivity index (χ4v) is 4.37. The van der Waals surface area contributed by atoms with Gasteiger partial charge in [-0.15, -0.1) is 0 Å². The van der Waals surface area contributed by atoms with Crippen molar-refractivity contribution in [2.45, 2.75) is 26.9 Å². The molecule has 174 valence electrons. The Balaban J connectivity index is 1.36. The van der Waals surface area contributed by atoms with Crippen LogP contribution >= 0.6 is 0 Å². The van der Waals surface area contributed by atoms with E-state index in [1.165, 1.54) is 5.56 Å². The molecule has 2 heterocycles. The number of hydrogen-bond acceptors (Lipinski definition) is 6. The summed E-state index contributed by atoms with van der Waals surface area (Å²) in [4.78, 5) is 15.4. The van der Waals surface area contributed by atoms with Crippen molar-refractivity contribution < 1.29 is 23.7 Å². The topological polar surface area (TPSA) is 57.2 Å². The van der Waals surface area contributed by atoms with Crippen LogP contribution in [-0.2, 0) is 13.1 Å². The lowest BCUT2D eigenvalue weighted by molar-refractivity contribution is 0.0876. The fraction of sp³-hybridized carbons (Fsp3) is 0.250. The van der Waals surface area contributed by atoms with E-state index in [4.69, 9.17) is 18.9 Å². The Labute approximate surface area is 199 Å². The summed E-state index contributed by atoms with van der Waals surface area (Å²) in [5.41, 5.74) is 4.49. The van der Waals surface area contributed by atoms with Crippen LogP contribution in [0.15, 0.2) is 60.4 Å². The number of nitrogens with zero attached hydrogens (tertiary/aromatic N) is 1. The maximum atomic E-state index is 13.2. The lowest BCUT2D eigenvalue weighted by atomic mass is 10.00. The van der Waals surface area contributed by atoms with Gasteiger partial charge in [-0.1, -0.05) is 24.3 Å². The minimum atomic E-state index is -0.109. The molecule has 0 unspecified atom stereocenters. The second kappa shape index (κ2) is 9.23. The molecule has 2 aliphatic rings. The second-order valence-corrected chi connectivity index (χ2v) is 8.42.